The number of alkyl carbamates (subject to hydrolysis) is 1. The average Bonchev–Trinajstić information content (AvgIpc) is 2.52. The van der Waals surface area contributed by atoms with Gasteiger partial charge in [0.25, 0.3) is 0 Å². The summed E-state index contributed by atoms with van der Waals surface area (Å²) in [5.41, 5.74) is 0.990. The Labute approximate surface area is 126 Å². The molecule has 0 aliphatic rings. The number of hydrogen-bond donors (Lipinski definition) is 2. The summed E-state index contributed by atoms with van der Waals surface area (Å²) in [6.45, 7) is 4.58. The first kappa shape index (κ1) is 17.0. The van der Waals surface area contributed by atoms with E-state index in [1.165, 1.54) is 7.11 Å². The van der Waals surface area contributed by atoms with Crippen LogP contribution in [-0.4, -0.2) is 31.7 Å². The minimum atomic E-state index is -0.656. The van der Waals surface area contributed by atoms with Gasteiger partial charge < -0.3 is 15.4 Å². The first-order chi connectivity index (χ1) is 10.1. The van der Waals surface area contributed by atoms with Crippen LogP contribution in [-0.2, 0) is 9.53 Å². The maximum absolute atomic E-state index is 12.3. The van der Waals surface area contributed by atoms with Crippen LogP contribution < -0.4 is 10.6 Å². The number of methoxy groups -OCH3 is 1. The molecule has 1 rings (SSSR count). The van der Waals surface area contributed by atoms with Crippen LogP contribution >= 0.6 is 0 Å². The predicted molar refractivity (Wildman–Crippen MR) is 82.1 cm³/mol. The van der Waals surface area contributed by atoms with Gasteiger partial charge in [0.15, 0.2) is 0 Å². The highest BCUT2D eigenvalue weighted by atomic mass is 16.5. The molecule has 5 heteroatoms. The molecule has 0 saturated heterocycles. The SMILES string of the molecule is CCCCNC(=O)[C@H](NC(=O)OC)C(C)c1ccccc1. The quantitative estimate of drug-likeness (QED) is 0.758. The molecule has 1 aromatic carbocycles. The van der Waals surface area contributed by atoms with Crippen molar-refractivity contribution < 1.29 is 14.3 Å². The summed E-state index contributed by atoms with van der Waals surface area (Å²) in [5, 5.41) is 5.47. The fourth-order valence-electron chi connectivity index (χ4n) is 2.05. The lowest BCUT2D eigenvalue weighted by Crippen LogP contribution is -2.49. The van der Waals surface area contributed by atoms with Crippen LogP contribution in [0.3, 0.4) is 0 Å². The fraction of sp³-hybridized carbons (Fsp3) is 0.500. The summed E-state index contributed by atoms with van der Waals surface area (Å²) in [7, 11) is 1.29. The molecule has 116 valence electrons. The van der Waals surface area contributed by atoms with Crippen molar-refractivity contribution in [2.45, 2.75) is 38.6 Å². The van der Waals surface area contributed by atoms with Crippen LogP contribution in [0.15, 0.2) is 30.3 Å². The van der Waals surface area contributed by atoms with Crippen molar-refractivity contribution in [3.05, 3.63) is 35.9 Å². The van der Waals surface area contributed by atoms with E-state index in [-0.39, 0.29) is 11.8 Å². The molecule has 1 aromatic rings. The Kier molecular flexibility index (Phi) is 7.29. The molecule has 0 aliphatic heterocycles. The number of amides is 2. The predicted octanol–water partition coefficient (Wildman–Crippen LogP) is 2.43. The summed E-state index contributed by atoms with van der Waals surface area (Å²) in [5.74, 6) is -0.336. The third-order valence-corrected chi connectivity index (χ3v) is 3.40. The van der Waals surface area contributed by atoms with Gasteiger partial charge in [-0.2, -0.15) is 0 Å². The first-order valence-electron chi connectivity index (χ1n) is 7.27. The molecule has 5 nitrogen and oxygen atoms in total. The molecule has 21 heavy (non-hydrogen) atoms. The molecule has 2 N–H and O–H groups in total. The smallest absolute Gasteiger partial charge is 0.407 e. The maximum Gasteiger partial charge on any atom is 0.407 e. The number of rotatable bonds is 7. The summed E-state index contributed by atoms with van der Waals surface area (Å²) in [4.78, 5) is 23.8. The van der Waals surface area contributed by atoms with Gasteiger partial charge in [0.1, 0.15) is 6.04 Å². The third kappa shape index (κ3) is 5.45. The summed E-state index contributed by atoms with van der Waals surface area (Å²) < 4.78 is 4.61. The number of hydrogen-bond acceptors (Lipinski definition) is 3. The van der Waals surface area contributed by atoms with E-state index in [0.717, 1.165) is 18.4 Å². The zero-order chi connectivity index (χ0) is 15.7. The molecule has 2 atom stereocenters. The lowest BCUT2D eigenvalue weighted by atomic mass is 9.92. The van der Waals surface area contributed by atoms with Crippen LogP contribution in [0.25, 0.3) is 0 Å². The Morgan fingerprint density at radius 3 is 2.48 bits per heavy atom. The van der Waals surface area contributed by atoms with Gasteiger partial charge in [-0.3, -0.25) is 4.79 Å². The minimum Gasteiger partial charge on any atom is -0.453 e. The lowest BCUT2D eigenvalue weighted by molar-refractivity contribution is -0.123. The summed E-state index contributed by atoms with van der Waals surface area (Å²) >= 11 is 0. The van der Waals surface area contributed by atoms with Gasteiger partial charge in [-0.25, -0.2) is 4.79 Å². The van der Waals surface area contributed by atoms with Crippen LogP contribution in [0.1, 0.15) is 38.2 Å². The van der Waals surface area contributed by atoms with E-state index in [2.05, 4.69) is 22.3 Å². The Balaban J connectivity index is 2.80. The number of unbranched alkanes of at least 4 members (excludes halogenated alkanes) is 1. The van der Waals surface area contributed by atoms with E-state index >= 15 is 0 Å². The van der Waals surface area contributed by atoms with E-state index in [4.69, 9.17) is 0 Å². The van der Waals surface area contributed by atoms with Crippen LogP contribution in [0.2, 0.25) is 0 Å². The van der Waals surface area contributed by atoms with Crippen LogP contribution in [0.4, 0.5) is 4.79 Å². The van der Waals surface area contributed by atoms with Gasteiger partial charge >= 0.3 is 6.09 Å². The van der Waals surface area contributed by atoms with Gasteiger partial charge in [-0.1, -0.05) is 50.6 Å². The standard InChI is InChI=1S/C16H24N2O3/c1-4-5-11-17-15(19)14(18-16(20)21-3)12(2)13-9-7-6-8-10-13/h6-10,12,14H,4-5,11H2,1-3H3,(H,17,19)(H,18,20)/t12?,14-/m1/s1. The number of benzene rings is 1. The molecule has 0 aliphatic carbocycles. The largest absolute Gasteiger partial charge is 0.453 e. The van der Waals surface area contributed by atoms with Crippen molar-refractivity contribution in [3.63, 3.8) is 0 Å². The Morgan fingerprint density at radius 1 is 1.24 bits per heavy atom. The van der Waals surface area contributed by atoms with Gasteiger partial charge in [-0.05, 0) is 12.0 Å². The molecular weight excluding hydrogens is 268 g/mol. The molecular formula is C16H24N2O3. The number of nitrogens with one attached hydrogen (secondary N) is 2. The van der Waals surface area contributed by atoms with Crippen molar-refractivity contribution >= 4 is 12.0 Å². The number of ether oxygens (including phenoxy) is 1. The monoisotopic (exact) mass is 292 g/mol. The minimum absolute atomic E-state index is 0.146. The topological polar surface area (TPSA) is 67.4 Å². The van der Waals surface area contributed by atoms with Gasteiger partial charge in [-0.15, -0.1) is 0 Å². The summed E-state index contributed by atoms with van der Waals surface area (Å²) in [6.07, 6.45) is 1.31. The molecule has 0 saturated carbocycles. The molecule has 0 radical (unpaired) electrons. The van der Waals surface area contributed by atoms with Gasteiger partial charge in [0.05, 0.1) is 7.11 Å². The van der Waals surface area contributed by atoms with E-state index < -0.39 is 12.1 Å². The van der Waals surface area contributed by atoms with Crippen molar-refractivity contribution in [2.24, 2.45) is 0 Å². The van der Waals surface area contributed by atoms with Crippen LogP contribution in [0, 0.1) is 0 Å². The fourth-order valence-corrected chi connectivity index (χ4v) is 2.05. The Hall–Kier alpha value is -2.04. The highest BCUT2D eigenvalue weighted by molar-refractivity contribution is 5.86. The van der Waals surface area contributed by atoms with Crippen molar-refractivity contribution in [1.82, 2.24) is 10.6 Å². The maximum atomic E-state index is 12.3. The molecule has 0 aromatic heterocycles. The first-order valence-corrected chi connectivity index (χ1v) is 7.27. The molecule has 0 spiro atoms. The summed E-state index contributed by atoms with van der Waals surface area (Å²) in [6, 6.07) is 8.97. The second-order valence-electron chi connectivity index (χ2n) is 4.96. The van der Waals surface area contributed by atoms with Crippen molar-refractivity contribution in [2.75, 3.05) is 13.7 Å². The molecule has 0 bridgehead atoms. The van der Waals surface area contributed by atoms with Gasteiger partial charge in [0.2, 0.25) is 5.91 Å². The zero-order valence-electron chi connectivity index (χ0n) is 12.9. The van der Waals surface area contributed by atoms with E-state index in [0.29, 0.717) is 6.54 Å². The lowest BCUT2D eigenvalue weighted by Gasteiger charge is -2.24. The van der Waals surface area contributed by atoms with Gasteiger partial charge in [0, 0.05) is 12.5 Å². The highest BCUT2D eigenvalue weighted by Crippen LogP contribution is 2.19. The highest BCUT2D eigenvalue weighted by Gasteiger charge is 2.27. The third-order valence-electron chi connectivity index (χ3n) is 3.40. The normalized spacial score (nSPS) is 13.1. The average molecular weight is 292 g/mol. The van der Waals surface area contributed by atoms with E-state index in [1.807, 2.05) is 37.3 Å². The van der Waals surface area contributed by atoms with Crippen molar-refractivity contribution in [1.29, 1.82) is 0 Å². The molecule has 2 amide bonds. The molecule has 1 unspecified atom stereocenters. The zero-order valence-corrected chi connectivity index (χ0v) is 12.9. The van der Waals surface area contributed by atoms with Crippen LogP contribution in [0.5, 0.6) is 0 Å². The van der Waals surface area contributed by atoms with E-state index in [9.17, 15) is 9.59 Å². The second kappa shape index (κ2) is 9.00. The Bertz CT molecular complexity index is 448. The second-order valence-corrected chi connectivity index (χ2v) is 4.96. The molecule has 0 heterocycles. The number of carbonyl (C=O) groups is 2. The van der Waals surface area contributed by atoms with Crippen molar-refractivity contribution in [3.8, 4) is 0 Å². The Morgan fingerprint density at radius 2 is 1.90 bits per heavy atom. The number of carbonyl (C=O) groups excluding carboxylic acids is 2. The molecule has 0 fully saturated rings. The van der Waals surface area contributed by atoms with E-state index in [1.54, 1.807) is 0 Å².